The summed E-state index contributed by atoms with van der Waals surface area (Å²) in [5.74, 6) is -1.24. The molecule has 1 fully saturated rings. The molecule has 0 unspecified atom stereocenters. The molecular weight excluding hydrogens is 236 g/mol. The van der Waals surface area contributed by atoms with Crippen LogP contribution < -0.4 is 5.73 Å². The molecule has 0 radical (unpaired) electrons. The SMILES string of the molecule is CCN(C(=O)Cn1cc(N)c(C(=O)O)n1)C1CC1. The maximum absolute atomic E-state index is 12.0. The zero-order valence-electron chi connectivity index (χ0n) is 10.2. The minimum absolute atomic E-state index is 0.0296. The van der Waals surface area contributed by atoms with E-state index in [1.807, 2.05) is 6.92 Å². The first kappa shape index (κ1) is 12.4. The molecule has 1 amide bonds. The van der Waals surface area contributed by atoms with E-state index in [0.717, 1.165) is 12.8 Å². The first-order chi connectivity index (χ1) is 8.52. The summed E-state index contributed by atoms with van der Waals surface area (Å²) >= 11 is 0. The van der Waals surface area contributed by atoms with Gasteiger partial charge in [0.05, 0.1) is 5.69 Å². The summed E-state index contributed by atoms with van der Waals surface area (Å²) in [7, 11) is 0. The molecule has 0 bridgehead atoms. The number of aromatic nitrogens is 2. The fourth-order valence-corrected chi connectivity index (χ4v) is 1.94. The van der Waals surface area contributed by atoms with Crippen LogP contribution in [0.4, 0.5) is 5.69 Å². The van der Waals surface area contributed by atoms with Gasteiger partial charge < -0.3 is 15.7 Å². The van der Waals surface area contributed by atoms with E-state index in [1.54, 1.807) is 4.90 Å². The average Bonchev–Trinajstić information content (AvgIpc) is 3.04. The highest BCUT2D eigenvalue weighted by molar-refractivity contribution is 5.91. The van der Waals surface area contributed by atoms with E-state index in [0.29, 0.717) is 12.6 Å². The number of amides is 1. The number of carbonyl (C=O) groups is 2. The van der Waals surface area contributed by atoms with E-state index in [2.05, 4.69) is 5.10 Å². The number of nitrogens with two attached hydrogens (primary N) is 1. The lowest BCUT2D eigenvalue weighted by atomic mass is 10.4. The van der Waals surface area contributed by atoms with Crippen LogP contribution in [0.3, 0.4) is 0 Å². The molecule has 0 saturated heterocycles. The highest BCUT2D eigenvalue weighted by atomic mass is 16.4. The average molecular weight is 252 g/mol. The summed E-state index contributed by atoms with van der Waals surface area (Å²) in [4.78, 5) is 24.6. The van der Waals surface area contributed by atoms with Gasteiger partial charge in [-0.2, -0.15) is 5.10 Å². The lowest BCUT2D eigenvalue weighted by Gasteiger charge is -2.20. The molecule has 0 aliphatic heterocycles. The molecule has 3 N–H and O–H groups in total. The predicted octanol–water partition coefficient (Wildman–Crippen LogP) is 0.174. The van der Waals surface area contributed by atoms with Crippen LogP contribution >= 0.6 is 0 Å². The highest BCUT2D eigenvalue weighted by Gasteiger charge is 2.31. The minimum Gasteiger partial charge on any atom is -0.476 e. The highest BCUT2D eigenvalue weighted by Crippen LogP contribution is 2.26. The van der Waals surface area contributed by atoms with Gasteiger partial charge in [-0.1, -0.05) is 0 Å². The number of nitrogens with zero attached hydrogens (tertiary/aromatic N) is 3. The summed E-state index contributed by atoms with van der Waals surface area (Å²) in [5, 5.41) is 12.6. The molecule has 1 aromatic rings. The fourth-order valence-electron chi connectivity index (χ4n) is 1.94. The quantitative estimate of drug-likeness (QED) is 0.778. The second kappa shape index (κ2) is 4.67. The lowest BCUT2D eigenvalue weighted by Crippen LogP contribution is -2.35. The first-order valence-electron chi connectivity index (χ1n) is 5.88. The van der Waals surface area contributed by atoms with Crippen LogP contribution in [0.2, 0.25) is 0 Å². The topological polar surface area (TPSA) is 101 Å². The number of carbonyl (C=O) groups excluding carboxylic acids is 1. The van der Waals surface area contributed by atoms with Crippen molar-refractivity contribution in [2.24, 2.45) is 0 Å². The van der Waals surface area contributed by atoms with E-state index in [4.69, 9.17) is 10.8 Å². The van der Waals surface area contributed by atoms with E-state index in [1.165, 1.54) is 10.9 Å². The van der Waals surface area contributed by atoms with E-state index >= 15 is 0 Å². The van der Waals surface area contributed by atoms with Gasteiger partial charge in [0.1, 0.15) is 6.54 Å². The molecule has 0 spiro atoms. The molecule has 2 rings (SSSR count). The molecule has 1 aromatic heterocycles. The van der Waals surface area contributed by atoms with Crippen molar-refractivity contribution in [2.75, 3.05) is 12.3 Å². The van der Waals surface area contributed by atoms with Crippen LogP contribution in [-0.2, 0) is 11.3 Å². The summed E-state index contributed by atoms with van der Waals surface area (Å²) in [6.07, 6.45) is 3.46. The Labute approximate surface area is 104 Å². The van der Waals surface area contributed by atoms with E-state index in [9.17, 15) is 9.59 Å². The van der Waals surface area contributed by atoms with Gasteiger partial charge in [-0.3, -0.25) is 9.48 Å². The molecule has 98 valence electrons. The second-order valence-corrected chi connectivity index (χ2v) is 4.35. The molecule has 7 heteroatoms. The van der Waals surface area contributed by atoms with Crippen molar-refractivity contribution in [1.82, 2.24) is 14.7 Å². The summed E-state index contributed by atoms with van der Waals surface area (Å²) in [6.45, 7) is 2.62. The number of nitrogen functional groups attached to an aromatic ring is 1. The third-order valence-corrected chi connectivity index (χ3v) is 2.94. The maximum Gasteiger partial charge on any atom is 0.358 e. The normalized spacial score (nSPS) is 14.5. The van der Waals surface area contributed by atoms with Crippen molar-refractivity contribution in [1.29, 1.82) is 0 Å². The second-order valence-electron chi connectivity index (χ2n) is 4.35. The largest absolute Gasteiger partial charge is 0.476 e. The molecule has 18 heavy (non-hydrogen) atoms. The van der Waals surface area contributed by atoms with Crippen LogP contribution in [0, 0.1) is 0 Å². The van der Waals surface area contributed by atoms with Gasteiger partial charge in [0.25, 0.3) is 0 Å². The Hall–Kier alpha value is -2.05. The molecule has 1 aliphatic carbocycles. The molecule has 1 heterocycles. The standard InChI is InChI=1S/C11H16N4O3/c1-2-15(7-3-4-7)9(16)6-14-5-8(12)10(13-14)11(17)18/h5,7H,2-4,6,12H2,1H3,(H,17,18). The molecular formula is C11H16N4O3. The Kier molecular flexibility index (Phi) is 3.22. The van der Waals surface area contributed by atoms with Gasteiger partial charge in [-0.25, -0.2) is 4.79 Å². The van der Waals surface area contributed by atoms with Crippen molar-refractivity contribution < 1.29 is 14.7 Å². The third-order valence-electron chi connectivity index (χ3n) is 2.94. The molecule has 1 saturated carbocycles. The predicted molar refractivity (Wildman–Crippen MR) is 64.0 cm³/mol. The molecule has 7 nitrogen and oxygen atoms in total. The van der Waals surface area contributed by atoms with Crippen LogP contribution in [-0.4, -0.2) is 44.3 Å². The number of likely N-dealkylation sites (N-methyl/N-ethyl adjacent to an activating group) is 1. The third kappa shape index (κ3) is 2.44. The zero-order chi connectivity index (χ0) is 13.3. The molecule has 0 atom stereocenters. The summed E-state index contributed by atoms with van der Waals surface area (Å²) < 4.78 is 1.28. The van der Waals surface area contributed by atoms with Crippen LogP contribution in [0.1, 0.15) is 30.3 Å². The minimum atomic E-state index is -1.19. The van der Waals surface area contributed by atoms with Crippen molar-refractivity contribution >= 4 is 17.6 Å². The lowest BCUT2D eigenvalue weighted by molar-refractivity contribution is -0.132. The number of carboxylic acids is 1. The number of carboxylic acid groups (broad SMARTS) is 1. The van der Waals surface area contributed by atoms with Crippen molar-refractivity contribution in [3.63, 3.8) is 0 Å². The van der Waals surface area contributed by atoms with Crippen molar-refractivity contribution in [3.05, 3.63) is 11.9 Å². The monoisotopic (exact) mass is 252 g/mol. The van der Waals surface area contributed by atoms with Crippen LogP contribution in [0.5, 0.6) is 0 Å². The van der Waals surface area contributed by atoms with Gasteiger partial charge >= 0.3 is 5.97 Å². The smallest absolute Gasteiger partial charge is 0.358 e. The zero-order valence-corrected chi connectivity index (χ0v) is 10.2. The van der Waals surface area contributed by atoms with Gasteiger partial charge in [-0.15, -0.1) is 0 Å². The molecule has 1 aliphatic rings. The number of anilines is 1. The van der Waals surface area contributed by atoms with Gasteiger partial charge in [-0.05, 0) is 19.8 Å². The number of aromatic carboxylic acids is 1. The van der Waals surface area contributed by atoms with Gasteiger partial charge in [0, 0.05) is 18.8 Å². The van der Waals surface area contributed by atoms with E-state index < -0.39 is 5.97 Å². The Bertz CT molecular complexity index is 479. The Morgan fingerprint density at radius 1 is 1.61 bits per heavy atom. The molecule has 0 aromatic carbocycles. The van der Waals surface area contributed by atoms with Crippen LogP contribution in [0.15, 0.2) is 6.20 Å². The number of hydrogen-bond donors (Lipinski definition) is 2. The van der Waals surface area contributed by atoms with Gasteiger partial charge in [0.2, 0.25) is 5.91 Å². The van der Waals surface area contributed by atoms with Crippen molar-refractivity contribution in [3.8, 4) is 0 Å². The Balaban J connectivity index is 2.06. The fraction of sp³-hybridized carbons (Fsp3) is 0.545. The Morgan fingerprint density at radius 2 is 2.28 bits per heavy atom. The number of hydrogen-bond acceptors (Lipinski definition) is 4. The number of rotatable bonds is 5. The van der Waals surface area contributed by atoms with Crippen molar-refractivity contribution in [2.45, 2.75) is 32.4 Å². The maximum atomic E-state index is 12.0. The van der Waals surface area contributed by atoms with Gasteiger partial charge in [0.15, 0.2) is 5.69 Å². The Morgan fingerprint density at radius 3 is 2.72 bits per heavy atom. The summed E-state index contributed by atoms with van der Waals surface area (Å²) in [5.41, 5.74) is 5.37. The first-order valence-corrected chi connectivity index (χ1v) is 5.88. The van der Waals surface area contributed by atoms with Crippen LogP contribution in [0.25, 0.3) is 0 Å². The summed E-state index contributed by atoms with van der Waals surface area (Å²) in [6, 6.07) is 0.342. The van der Waals surface area contributed by atoms with E-state index in [-0.39, 0.29) is 23.8 Å².